The number of ether oxygens (including phenoxy) is 1. The number of anilines is 1. The van der Waals surface area contributed by atoms with Gasteiger partial charge in [0.15, 0.2) is 0 Å². The molecule has 0 saturated heterocycles. The predicted octanol–water partition coefficient (Wildman–Crippen LogP) is 6.98. The van der Waals surface area contributed by atoms with E-state index >= 15 is 0 Å². The Balaban J connectivity index is 1.24. The monoisotopic (exact) mass is 704 g/mol. The number of carbonyl (C=O) groups excluding carboxylic acids is 3. The van der Waals surface area contributed by atoms with Crippen LogP contribution in [0.3, 0.4) is 0 Å². The molecule has 3 aromatic carbocycles. The van der Waals surface area contributed by atoms with Crippen molar-refractivity contribution in [2.45, 2.75) is 102 Å². The molecule has 10 heteroatoms. The van der Waals surface area contributed by atoms with Crippen LogP contribution >= 0.6 is 10.3 Å². The first kappa shape index (κ1) is 38.9. The molecule has 1 atom stereocenters. The van der Waals surface area contributed by atoms with E-state index in [-0.39, 0.29) is 18.2 Å². The van der Waals surface area contributed by atoms with Crippen molar-refractivity contribution in [2.24, 2.45) is 0 Å². The van der Waals surface area contributed by atoms with Crippen molar-refractivity contribution < 1.29 is 23.3 Å². The first-order chi connectivity index (χ1) is 24.0. The molecule has 3 aromatic rings. The number of hydrogen-bond acceptors (Lipinski definition) is 7. The maximum Gasteiger partial charge on any atom is 0.255 e. The molecule has 4 rings (SSSR count). The Hall–Kier alpha value is -3.86. The fraction of sp³-hybridized carbons (Fsp3) is 0.475. The van der Waals surface area contributed by atoms with Crippen molar-refractivity contribution in [3.63, 3.8) is 0 Å². The molecule has 0 aromatic heterocycles. The lowest BCUT2D eigenvalue weighted by Gasteiger charge is -2.50. The van der Waals surface area contributed by atoms with Gasteiger partial charge in [0, 0.05) is 61.0 Å². The second-order valence-electron chi connectivity index (χ2n) is 13.6. The Morgan fingerprint density at radius 3 is 2.16 bits per heavy atom. The summed E-state index contributed by atoms with van der Waals surface area (Å²) in [4.78, 5) is 38.0. The highest BCUT2D eigenvalue weighted by atomic mass is 32.3. The van der Waals surface area contributed by atoms with Crippen LogP contribution in [0.5, 0.6) is 5.75 Å². The Labute approximate surface area is 300 Å². The average molecular weight is 705 g/mol. The van der Waals surface area contributed by atoms with Gasteiger partial charge in [-0.2, -0.15) is 0 Å². The van der Waals surface area contributed by atoms with Crippen molar-refractivity contribution in [3.05, 3.63) is 94.5 Å². The van der Waals surface area contributed by atoms with E-state index in [4.69, 9.17) is 8.92 Å². The highest BCUT2D eigenvalue weighted by molar-refractivity contribution is 8.31. The lowest BCUT2D eigenvalue weighted by atomic mass is 10.1. The Kier molecular flexibility index (Phi) is 14.3. The second-order valence-corrected chi connectivity index (χ2v) is 18.1. The number of amides is 2. The van der Waals surface area contributed by atoms with E-state index < -0.39 is 16.4 Å². The van der Waals surface area contributed by atoms with Gasteiger partial charge in [-0.25, -0.2) is 0 Å². The van der Waals surface area contributed by atoms with Crippen LogP contribution in [0.1, 0.15) is 87.0 Å². The van der Waals surface area contributed by atoms with Crippen LogP contribution in [-0.4, -0.2) is 64.9 Å². The molecule has 50 heavy (non-hydrogen) atoms. The summed E-state index contributed by atoms with van der Waals surface area (Å²) >= 11 is 0. The number of para-hydroxylation sites is 2. The van der Waals surface area contributed by atoms with Crippen LogP contribution in [-0.2, 0) is 40.1 Å². The van der Waals surface area contributed by atoms with Gasteiger partial charge in [0.1, 0.15) is 24.7 Å². The molecule has 0 spiro atoms. The van der Waals surface area contributed by atoms with Gasteiger partial charge in [-0.3, -0.25) is 9.59 Å². The number of aldehydes is 1. The lowest BCUT2D eigenvalue weighted by Crippen LogP contribution is -2.46. The Morgan fingerprint density at radius 2 is 1.52 bits per heavy atom. The van der Waals surface area contributed by atoms with Gasteiger partial charge < -0.3 is 34.6 Å². The standard InChI is InChI=1S/C40H56N4O5S/c1-28(2)50(29(3)4,30(5)6)49-27-32-16-14-31(15-17-32)26-48-38-13-9-8-11-36(38)43-21-20-42-24-33-18-19-35-34(23-33)25-44(40(35)47)37(12-10-22-45)39(46)41-7/h8-9,11,13-19,22-23,28-30,37,42-43H,10,12,20-21,24-27H2,1-7H3,(H,41,46). The fourth-order valence-electron chi connectivity index (χ4n) is 6.94. The maximum atomic E-state index is 13.1. The van der Waals surface area contributed by atoms with Crippen molar-refractivity contribution in [2.75, 3.05) is 25.5 Å². The van der Waals surface area contributed by atoms with Crippen LogP contribution in [0, 0.1) is 0 Å². The maximum absolute atomic E-state index is 13.1. The molecule has 0 fully saturated rings. The molecule has 2 amide bonds. The SMILES string of the molecule is CNC(=O)C(CCC=O)N1Cc2cc(CNCCNc3ccccc3OCc3ccc(COS(C(C)C)(C(C)C)C(C)C)cc3)ccc2C1=O. The lowest BCUT2D eigenvalue weighted by molar-refractivity contribution is -0.125. The summed E-state index contributed by atoms with van der Waals surface area (Å²) in [5, 5.41) is 11.1. The van der Waals surface area contributed by atoms with E-state index in [1.807, 2.05) is 42.5 Å². The van der Waals surface area contributed by atoms with Crippen LogP contribution in [0.2, 0.25) is 0 Å². The fourth-order valence-corrected chi connectivity index (χ4v) is 11.4. The minimum absolute atomic E-state index is 0.173. The first-order valence-corrected chi connectivity index (χ1v) is 19.5. The number of nitrogens with zero attached hydrogens (tertiary/aromatic N) is 1. The summed E-state index contributed by atoms with van der Waals surface area (Å²) < 4.78 is 13.0. The number of carbonyl (C=O) groups is 3. The molecule has 0 saturated carbocycles. The highest BCUT2D eigenvalue weighted by Gasteiger charge is 2.37. The van der Waals surface area contributed by atoms with E-state index in [1.165, 1.54) is 5.56 Å². The van der Waals surface area contributed by atoms with Crippen LogP contribution in [0.15, 0.2) is 66.7 Å². The van der Waals surface area contributed by atoms with Gasteiger partial charge >= 0.3 is 0 Å². The summed E-state index contributed by atoms with van der Waals surface area (Å²) in [6, 6.07) is 21.6. The molecule has 0 bridgehead atoms. The predicted molar refractivity (Wildman–Crippen MR) is 205 cm³/mol. The zero-order valence-electron chi connectivity index (χ0n) is 30.8. The number of hydrogen-bond donors (Lipinski definition) is 3. The quantitative estimate of drug-likeness (QED) is 0.0861. The van der Waals surface area contributed by atoms with E-state index in [0.717, 1.165) is 41.0 Å². The Bertz CT molecular complexity index is 1550. The molecule has 0 aliphatic carbocycles. The number of fused-ring (bicyclic) bond motifs is 1. The smallest absolute Gasteiger partial charge is 0.255 e. The molecule has 1 unspecified atom stereocenters. The summed E-state index contributed by atoms with van der Waals surface area (Å²) in [6.45, 7) is 17.3. The van der Waals surface area contributed by atoms with Crippen molar-refractivity contribution in [3.8, 4) is 5.75 Å². The normalized spacial score (nSPS) is 13.9. The molecule has 0 radical (unpaired) electrons. The van der Waals surface area contributed by atoms with E-state index in [9.17, 15) is 14.4 Å². The van der Waals surface area contributed by atoms with Gasteiger partial charge in [-0.1, -0.05) is 90.1 Å². The van der Waals surface area contributed by atoms with Gasteiger partial charge in [0.05, 0.1) is 12.3 Å². The number of benzene rings is 3. The Morgan fingerprint density at radius 1 is 0.880 bits per heavy atom. The van der Waals surface area contributed by atoms with Crippen molar-refractivity contribution in [1.82, 2.24) is 15.5 Å². The summed E-state index contributed by atoms with van der Waals surface area (Å²) in [7, 11) is 0.330. The average Bonchev–Trinajstić information content (AvgIpc) is 3.42. The zero-order chi connectivity index (χ0) is 36.3. The number of rotatable bonds is 20. The van der Waals surface area contributed by atoms with Gasteiger partial charge in [-0.05, 0) is 46.9 Å². The molecular weight excluding hydrogens is 649 g/mol. The van der Waals surface area contributed by atoms with Gasteiger partial charge in [0.25, 0.3) is 5.91 Å². The molecular formula is C40H56N4O5S. The van der Waals surface area contributed by atoms with Crippen LogP contribution in [0.4, 0.5) is 5.69 Å². The van der Waals surface area contributed by atoms with E-state index in [2.05, 4.69) is 81.8 Å². The highest BCUT2D eigenvalue weighted by Crippen LogP contribution is 2.61. The summed E-state index contributed by atoms with van der Waals surface area (Å²) in [5.74, 6) is 0.370. The third-order valence-corrected chi connectivity index (χ3v) is 14.3. The minimum atomic E-state index is -1.21. The summed E-state index contributed by atoms with van der Waals surface area (Å²) in [6.07, 6.45) is 1.31. The minimum Gasteiger partial charge on any atom is -0.487 e. The molecule has 9 nitrogen and oxygen atoms in total. The second kappa shape index (κ2) is 18.4. The van der Waals surface area contributed by atoms with E-state index in [1.54, 1.807) is 11.9 Å². The van der Waals surface area contributed by atoms with Crippen molar-refractivity contribution in [1.29, 1.82) is 0 Å². The molecule has 1 aliphatic rings. The molecule has 3 N–H and O–H groups in total. The molecule has 272 valence electrons. The zero-order valence-corrected chi connectivity index (χ0v) is 31.6. The topological polar surface area (TPSA) is 109 Å². The largest absolute Gasteiger partial charge is 0.487 e. The third-order valence-electron chi connectivity index (χ3n) is 9.38. The molecule has 1 heterocycles. The van der Waals surface area contributed by atoms with Gasteiger partial charge in [0.2, 0.25) is 5.91 Å². The first-order valence-electron chi connectivity index (χ1n) is 17.8. The number of likely N-dealkylation sites (N-methyl/N-ethyl adjacent to an activating group) is 1. The van der Waals surface area contributed by atoms with Crippen LogP contribution in [0.25, 0.3) is 0 Å². The van der Waals surface area contributed by atoms with Crippen LogP contribution < -0.4 is 20.7 Å². The molecule has 1 aliphatic heterocycles. The number of nitrogens with one attached hydrogen (secondary N) is 3. The summed E-state index contributed by atoms with van der Waals surface area (Å²) in [5.41, 5.74) is 5.78. The van der Waals surface area contributed by atoms with Gasteiger partial charge in [-0.15, -0.1) is 10.3 Å². The van der Waals surface area contributed by atoms with E-state index in [0.29, 0.717) is 60.6 Å². The van der Waals surface area contributed by atoms with Crippen molar-refractivity contribution >= 4 is 34.1 Å². The third kappa shape index (κ3) is 9.47.